The molecule has 0 atom stereocenters. The van der Waals surface area contributed by atoms with Crippen molar-refractivity contribution in [3.63, 3.8) is 0 Å². The van der Waals surface area contributed by atoms with E-state index in [-0.39, 0.29) is 5.91 Å². The molecule has 27 heavy (non-hydrogen) atoms. The van der Waals surface area contributed by atoms with E-state index in [4.69, 9.17) is 4.74 Å². The Kier molecular flexibility index (Phi) is 7.60. The van der Waals surface area contributed by atoms with Gasteiger partial charge in [-0.1, -0.05) is 24.3 Å². The first kappa shape index (κ1) is 19.8. The summed E-state index contributed by atoms with van der Waals surface area (Å²) in [6, 6.07) is 16.3. The van der Waals surface area contributed by atoms with Crippen LogP contribution in [-0.2, 0) is 17.9 Å². The number of carbonyl (C=O) groups excluding carboxylic acids is 1. The van der Waals surface area contributed by atoms with Gasteiger partial charge in [0, 0.05) is 17.0 Å². The Hall–Kier alpha value is -1.98. The SMILES string of the molecule is COc1ccc(SCC(=O)NCc2ccccc2C[NH+]2CCCCC2)cc1. The van der Waals surface area contributed by atoms with Gasteiger partial charge in [0.25, 0.3) is 0 Å². The molecule has 0 unspecified atom stereocenters. The Bertz CT molecular complexity index is 727. The Morgan fingerprint density at radius 1 is 1.04 bits per heavy atom. The summed E-state index contributed by atoms with van der Waals surface area (Å²) in [5, 5.41) is 3.08. The van der Waals surface area contributed by atoms with Crippen LogP contribution >= 0.6 is 11.8 Å². The van der Waals surface area contributed by atoms with E-state index in [9.17, 15) is 4.79 Å². The van der Waals surface area contributed by atoms with Crippen molar-refractivity contribution in [2.75, 3.05) is 26.0 Å². The van der Waals surface area contributed by atoms with Crippen molar-refractivity contribution >= 4 is 17.7 Å². The molecular weight excluding hydrogens is 356 g/mol. The van der Waals surface area contributed by atoms with Gasteiger partial charge in [0.1, 0.15) is 12.3 Å². The third-order valence-electron chi connectivity index (χ3n) is 5.02. The number of nitrogens with one attached hydrogen (secondary N) is 2. The van der Waals surface area contributed by atoms with Crippen molar-refractivity contribution in [2.45, 2.75) is 37.2 Å². The van der Waals surface area contributed by atoms with Crippen LogP contribution in [0.2, 0.25) is 0 Å². The van der Waals surface area contributed by atoms with E-state index in [2.05, 4.69) is 29.6 Å². The molecule has 3 rings (SSSR count). The zero-order valence-corrected chi connectivity index (χ0v) is 16.8. The minimum Gasteiger partial charge on any atom is -0.497 e. The fourth-order valence-corrected chi connectivity index (χ4v) is 4.19. The van der Waals surface area contributed by atoms with Crippen LogP contribution in [0.1, 0.15) is 30.4 Å². The summed E-state index contributed by atoms with van der Waals surface area (Å²) in [6.45, 7) is 4.19. The van der Waals surface area contributed by atoms with Crippen molar-refractivity contribution in [3.05, 3.63) is 59.7 Å². The van der Waals surface area contributed by atoms with Gasteiger partial charge in [-0.05, 0) is 49.1 Å². The normalized spacial score (nSPS) is 14.7. The summed E-state index contributed by atoms with van der Waals surface area (Å²) < 4.78 is 5.16. The summed E-state index contributed by atoms with van der Waals surface area (Å²) in [5.41, 5.74) is 2.59. The van der Waals surface area contributed by atoms with Crippen molar-refractivity contribution in [1.82, 2.24) is 5.32 Å². The highest BCUT2D eigenvalue weighted by Gasteiger charge is 2.15. The van der Waals surface area contributed by atoms with Crippen LogP contribution in [0.25, 0.3) is 0 Å². The van der Waals surface area contributed by atoms with Crippen LogP contribution < -0.4 is 15.0 Å². The number of quaternary nitrogens is 1. The van der Waals surface area contributed by atoms with Crippen molar-refractivity contribution in [3.8, 4) is 5.75 Å². The number of thioether (sulfide) groups is 1. The minimum absolute atomic E-state index is 0.0657. The van der Waals surface area contributed by atoms with E-state index >= 15 is 0 Å². The maximum absolute atomic E-state index is 12.3. The molecule has 1 fully saturated rings. The second-order valence-electron chi connectivity index (χ2n) is 7.00. The molecule has 1 aliphatic heterocycles. The molecule has 0 bridgehead atoms. The molecule has 0 saturated carbocycles. The minimum atomic E-state index is 0.0657. The van der Waals surface area contributed by atoms with Crippen LogP contribution in [0.15, 0.2) is 53.4 Å². The lowest BCUT2D eigenvalue weighted by Gasteiger charge is -2.24. The molecule has 5 heteroatoms. The number of amides is 1. The Labute approximate surface area is 166 Å². The zero-order valence-electron chi connectivity index (χ0n) is 16.0. The number of hydrogen-bond acceptors (Lipinski definition) is 3. The Balaban J connectivity index is 1.47. The third kappa shape index (κ3) is 6.29. The first-order chi connectivity index (χ1) is 13.2. The van der Waals surface area contributed by atoms with Crippen molar-refractivity contribution in [2.24, 2.45) is 0 Å². The topological polar surface area (TPSA) is 42.8 Å². The highest BCUT2D eigenvalue weighted by Crippen LogP contribution is 2.21. The quantitative estimate of drug-likeness (QED) is 0.687. The third-order valence-corrected chi connectivity index (χ3v) is 6.04. The van der Waals surface area contributed by atoms with E-state index in [0.717, 1.165) is 17.2 Å². The fraction of sp³-hybridized carbons (Fsp3) is 0.409. The van der Waals surface area contributed by atoms with Crippen LogP contribution in [0.3, 0.4) is 0 Å². The predicted octanol–water partition coefficient (Wildman–Crippen LogP) is 2.67. The van der Waals surface area contributed by atoms with Gasteiger partial charge in [0.05, 0.1) is 26.0 Å². The average Bonchev–Trinajstić information content (AvgIpc) is 2.73. The highest BCUT2D eigenvalue weighted by atomic mass is 32.2. The number of methoxy groups -OCH3 is 1. The summed E-state index contributed by atoms with van der Waals surface area (Å²) in [7, 11) is 1.65. The number of ether oxygens (including phenoxy) is 1. The lowest BCUT2D eigenvalue weighted by molar-refractivity contribution is -0.918. The lowest BCUT2D eigenvalue weighted by Crippen LogP contribution is -3.11. The van der Waals surface area contributed by atoms with Gasteiger partial charge < -0.3 is 15.0 Å². The molecule has 0 aliphatic carbocycles. The molecule has 2 aromatic carbocycles. The first-order valence-electron chi connectivity index (χ1n) is 9.68. The molecule has 1 heterocycles. The molecule has 4 nitrogen and oxygen atoms in total. The predicted molar refractivity (Wildman–Crippen MR) is 110 cm³/mol. The van der Waals surface area contributed by atoms with Crippen LogP contribution in [-0.4, -0.2) is 31.9 Å². The lowest BCUT2D eigenvalue weighted by atomic mass is 10.0. The molecule has 0 radical (unpaired) electrons. The number of carbonyl (C=O) groups is 1. The van der Waals surface area contributed by atoms with E-state index in [0.29, 0.717) is 12.3 Å². The number of benzene rings is 2. The molecule has 144 valence electrons. The maximum atomic E-state index is 12.3. The fourth-order valence-electron chi connectivity index (χ4n) is 3.47. The van der Waals surface area contributed by atoms with E-state index < -0.39 is 0 Å². The van der Waals surface area contributed by atoms with Crippen molar-refractivity contribution < 1.29 is 14.4 Å². The van der Waals surface area contributed by atoms with Crippen LogP contribution in [0, 0.1) is 0 Å². The second kappa shape index (κ2) is 10.4. The smallest absolute Gasteiger partial charge is 0.230 e. The molecular formula is C22H29N2O2S+. The summed E-state index contributed by atoms with van der Waals surface area (Å²) in [6.07, 6.45) is 4.03. The number of piperidine rings is 1. The molecule has 1 aliphatic rings. The molecule has 1 amide bonds. The van der Waals surface area contributed by atoms with Gasteiger partial charge in [-0.3, -0.25) is 4.79 Å². The van der Waals surface area contributed by atoms with Gasteiger partial charge in [-0.15, -0.1) is 11.8 Å². The number of hydrogen-bond donors (Lipinski definition) is 2. The molecule has 1 saturated heterocycles. The average molecular weight is 386 g/mol. The first-order valence-corrected chi connectivity index (χ1v) is 10.7. The van der Waals surface area contributed by atoms with Gasteiger partial charge in [0.15, 0.2) is 0 Å². The summed E-state index contributed by atoms with van der Waals surface area (Å²) >= 11 is 1.54. The van der Waals surface area contributed by atoms with E-state index in [1.807, 2.05) is 24.3 Å². The van der Waals surface area contributed by atoms with Gasteiger partial charge in [-0.2, -0.15) is 0 Å². The van der Waals surface area contributed by atoms with Crippen molar-refractivity contribution in [1.29, 1.82) is 0 Å². The number of rotatable bonds is 8. The van der Waals surface area contributed by atoms with Crippen LogP contribution in [0.5, 0.6) is 5.75 Å². The van der Waals surface area contributed by atoms with Gasteiger partial charge in [0.2, 0.25) is 5.91 Å². The molecule has 0 aromatic heterocycles. The Morgan fingerprint density at radius 2 is 1.74 bits per heavy atom. The molecule has 2 N–H and O–H groups in total. The maximum Gasteiger partial charge on any atom is 0.230 e. The monoisotopic (exact) mass is 385 g/mol. The van der Waals surface area contributed by atoms with Crippen LogP contribution in [0.4, 0.5) is 0 Å². The Morgan fingerprint density at radius 3 is 2.44 bits per heavy atom. The molecule has 0 spiro atoms. The highest BCUT2D eigenvalue weighted by molar-refractivity contribution is 8.00. The van der Waals surface area contributed by atoms with E-state index in [1.165, 1.54) is 43.5 Å². The second-order valence-corrected chi connectivity index (χ2v) is 8.05. The van der Waals surface area contributed by atoms with E-state index in [1.54, 1.807) is 23.8 Å². The standard InChI is InChI=1S/C22H28N2O2S/c1-26-20-9-11-21(12-10-20)27-17-22(25)23-15-18-7-3-4-8-19(18)16-24-13-5-2-6-14-24/h3-4,7-12H,2,5-6,13-17H2,1H3,(H,23,25)/p+1. The number of likely N-dealkylation sites (tertiary alicyclic amines) is 1. The zero-order chi connectivity index (χ0) is 18.9. The van der Waals surface area contributed by atoms with Gasteiger partial charge >= 0.3 is 0 Å². The summed E-state index contributed by atoms with van der Waals surface area (Å²) in [5.74, 6) is 1.32. The van der Waals surface area contributed by atoms with Gasteiger partial charge in [-0.25, -0.2) is 0 Å². The largest absolute Gasteiger partial charge is 0.497 e. The molecule has 2 aromatic rings. The summed E-state index contributed by atoms with van der Waals surface area (Å²) in [4.78, 5) is 15.0.